The molecule has 0 N–H and O–H groups in total. The van der Waals surface area contributed by atoms with Crippen molar-refractivity contribution in [1.29, 1.82) is 0 Å². The molecule has 0 bridgehead atoms. The molecule has 0 saturated heterocycles. The summed E-state index contributed by atoms with van der Waals surface area (Å²) >= 11 is 0. The molecule has 2 aromatic rings. The van der Waals surface area contributed by atoms with Crippen LogP contribution in [-0.2, 0) is 16.1 Å². The highest BCUT2D eigenvalue weighted by atomic mass is 16.5. The Balaban J connectivity index is 2.13. The van der Waals surface area contributed by atoms with Crippen LogP contribution in [0.5, 0.6) is 23.0 Å². The van der Waals surface area contributed by atoms with Gasteiger partial charge < -0.3 is 23.7 Å². The van der Waals surface area contributed by atoms with E-state index in [1.54, 1.807) is 33.3 Å². The van der Waals surface area contributed by atoms with Crippen molar-refractivity contribution >= 4 is 12.0 Å². The highest BCUT2D eigenvalue weighted by Gasteiger charge is 2.14. The summed E-state index contributed by atoms with van der Waals surface area (Å²) in [6.45, 7) is 5.05. The summed E-state index contributed by atoms with van der Waals surface area (Å²) in [5, 5.41) is 0. The van der Waals surface area contributed by atoms with E-state index in [2.05, 4.69) is 0 Å². The Kier molecular flexibility index (Phi) is 9.31. The van der Waals surface area contributed by atoms with E-state index in [1.807, 2.05) is 49.4 Å². The fourth-order valence-electron chi connectivity index (χ4n) is 2.63. The van der Waals surface area contributed by atoms with Crippen LogP contribution in [0, 0.1) is 0 Å². The number of carbonyl (C=O) groups is 1. The molecule has 0 fully saturated rings. The Morgan fingerprint density at radius 3 is 2.13 bits per heavy atom. The summed E-state index contributed by atoms with van der Waals surface area (Å²) in [6, 6.07) is 11.4. The molecule has 0 unspecified atom stereocenters. The van der Waals surface area contributed by atoms with Crippen LogP contribution in [-0.4, -0.2) is 33.4 Å². The topological polar surface area (TPSA) is 63.2 Å². The molecular weight excluding hydrogens is 384 g/mol. The van der Waals surface area contributed by atoms with Crippen molar-refractivity contribution in [3.8, 4) is 23.0 Å². The van der Waals surface area contributed by atoms with Gasteiger partial charge in [0.25, 0.3) is 0 Å². The third-order valence-corrected chi connectivity index (χ3v) is 4.02. The quantitative estimate of drug-likeness (QED) is 0.300. The minimum absolute atomic E-state index is 0.347. The largest absolute Gasteiger partial charge is 0.494 e. The summed E-state index contributed by atoms with van der Waals surface area (Å²) in [4.78, 5) is 11.3. The Hall–Kier alpha value is -3.41. The second-order valence-electron chi connectivity index (χ2n) is 6.09. The molecule has 2 aromatic carbocycles. The highest BCUT2D eigenvalue weighted by molar-refractivity contribution is 5.82. The van der Waals surface area contributed by atoms with Gasteiger partial charge >= 0.3 is 5.97 Å². The molecule has 0 aliphatic heterocycles. The first kappa shape index (κ1) is 22.9. The van der Waals surface area contributed by atoms with Gasteiger partial charge in [0.1, 0.15) is 12.4 Å². The van der Waals surface area contributed by atoms with E-state index in [0.717, 1.165) is 16.9 Å². The summed E-state index contributed by atoms with van der Waals surface area (Å²) in [5.74, 6) is 2.07. The Labute approximate surface area is 177 Å². The predicted molar refractivity (Wildman–Crippen MR) is 116 cm³/mol. The van der Waals surface area contributed by atoms with Gasteiger partial charge in [-0.25, -0.2) is 4.79 Å². The number of ether oxygens (including phenoxy) is 5. The fourth-order valence-corrected chi connectivity index (χ4v) is 2.63. The number of allylic oxidation sites excluding steroid dienone is 2. The van der Waals surface area contributed by atoms with Crippen molar-refractivity contribution < 1.29 is 28.5 Å². The maximum Gasteiger partial charge on any atom is 0.330 e. The number of carbonyl (C=O) groups excluding carboxylic acids is 1. The third-order valence-electron chi connectivity index (χ3n) is 4.02. The van der Waals surface area contributed by atoms with Gasteiger partial charge in [-0.1, -0.05) is 30.4 Å². The van der Waals surface area contributed by atoms with Crippen molar-refractivity contribution in [2.45, 2.75) is 20.5 Å². The Bertz CT molecular complexity index is 843. The molecule has 6 nitrogen and oxygen atoms in total. The third kappa shape index (κ3) is 6.88. The van der Waals surface area contributed by atoms with Crippen LogP contribution < -0.4 is 18.9 Å². The van der Waals surface area contributed by atoms with Crippen molar-refractivity contribution in [1.82, 2.24) is 0 Å². The molecule has 160 valence electrons. The fraction of sp³-hybridized carbons (Fsp3) is 0.292. The average molecular weight is 412 g/mol. The van der Waals surface area contributed by atoms with Gasteiger partial charge in [-0.2, -0.15) is 0 Å². The lowest BCUT2D eigenvalue weighted by Gasteiger charge is -2.15. The number of methoxy groups -OCH3 is 2. The molecular formula is C24H28O6. The van der Waals surface area contributed by atoms with Crippen LogP contribution in [0.4, 0.5) is 0 Å². The van der Waals surface area contributed by atoms with E-state index < -0.39 is 0 Å². The van der Waals surface area contributed by atoms with Crippen LogP contribution in [0.25, 0.3) is 6.08 Å². The summed E-state index contributed by atoms with van der Waals surface area (Å²) in [5.41, 5.74) is 1.83. The minimum atomic E-state index is -0.379. The van der Waals surface area contributed by atoms with E-state index in [9.17, 15) is 4.79 Å². The van der Waals surface area contributed by atoms with Gasteiger partial charge in [0.05, 0.1) is 27.4 Å². The van der Waals surface area contributed by atoms with Crippen molar-refractivity contribution in [2.24, 2.45) is 0 Å². The van der Waals surface area contributed by atoms with E-state index in [-0.39, 0.29) is 5.97 Å². The second kappa shape index (κ2) is 12.2. The highest BCUT2D eigenvalue weighted by Crippen LogP contribution is 2.39. The average Bonchev–Trinajstić information content (AvgIpc) is 2.76. The number of benzene rings is 2. The smallest absolute Gasteiger partial charge is 0.330 e. The van der Waals surface area contributed by atoms with Crippen LogP contribution in [0.2, 0.25) is 0 Å². The van der Waals surface area contributed by atoms with Crippen LogP contribution in [0.3, 0.4) is 0 Å². The van der Waals surface area contributed by atoms with Crippen molar-refractivity contribution in [2.75, 3.05) is 27.4 Å². The van der Waals surface area contributed by atoms with E-state index in [1.165, 1.54) is 6.08 Å². The van der Waals surface area contributed by atoms with Crippen LogP contribution >= 0.6 is 0 Å². The second-order valence-corrected chi connectivity index (χ2v) is 6.09. The molecule has 0 heterocycles. The minimum Gasteiger partial charge on any atom is -0.494 e. The molecule has 0 aliphatic carbocycles. The van der Waals surface area contributed by atoms with Gasteiger partial charge in [-0.15, -0.1) is 0 Å². The summed E-state index contributed by atoms with van der Waals surface area (Å²) in [7, 11) is 3.15. The normalized spacial score (nSPS) is 10.9. The molecule has 0 aliphatic rings. The van der Waals surface area contributed by atoms with Gasteiger partial charge in [0, 0.05) is 6.08 Å². The molecule has 6 heteroatoms. The Morgan fingerprint density at radius 1 is 0.900 bits per heavy atom. The molecule has 0 atom stereocenters. The number of hydrogen-bond donors (Lipinski definition) is 0. The zero-order valence-electron chi connectivity index (χ0n) is 17.8. The molecule has 0 saturated carbocycles. The molecule has 30 heavy (non-hydrogen) atoms. The van der Waals surface area contributed by atoms with Gasteiger partial charge in [0.15, 0.2) is 11.5 Å². The molecule has 0 amide bonds. The van der Waals surface area contributed by atoms with Crippen LogP contribution in [0.15, 0.2) is 54.6 Å². The number of rotatable bonds is 11. The van der Waals surface area contributed by atoms with Gasteiger partial charge in [-0.3, -0.25) is 0 Å². The van der Waals surface area contributed by atoms with Gasteiger partial charge in [0.2, 0.25) is 5.75 Å². The SMILES string of the molecule is CCOC(=O)/C=C\C=C\c1cc(OC)c(OCc2ccc(OCC)cc2)c(OC)c1. The molecule has 0 radical (unpaired) electrons. The molecule has 0 spiro atoms. The van der Waals surface area contributed by atoms with Crippen molar-refractivity contribution in [3.05, 3.63) is 65.8 Å². The monoisotopic (exact) mass is 412 g/mol. The lowest BCUT2D eigenvalue weighted by atomic mass is 10.1. The first-order valence-electron chi connectivity index (χ1n) is 9.73. The maximum atomic E-state index is 11.3. The zero-order chi connectivity index (χ0) is 21.8. The first-order chi connectivity index (χ1) is 14.6. The molecule has 0 aromatic heterocycles. The lowest BCUT2D eigenvalue weighted by molar-refractivity contribution is -0.137. The van der Waals surface area contributed by atoms with Crippen molar-refractivity contribution in [3.63, 3.8) is 0 Å². The van der Waals surface area contributed by atoms with E-state index >= 15 is 0 Å². The number of hydrogen-bond acceptors (Lipinski definition) is 6. The van der Waals surface area contributed by atoms with E-state index in [0.29, 0.717) is 37.1 Å². The zero-order valence-corrected chi connectivity index (χ0v) is 17.8. The predicted octanol–water partition coefficient (Wildman–Crippen LogP) is 4.81. The first-order valence-corrected chi connectivity index (χ1v) is 9.73. The standard InChI is InChI=1S/C24H28O6/c1-5-28-20-13-11-18(12-14-20)17-30-24-21(26-3)15-19(16-22(24)27-4)9-7-8-10-23(25)29-6-2/h7-16H,5-6,17H2,1-4H3/b9-7+,10-8-. The summed E-state index contributed by atoms with van der Waals surface area (Å²) in [6.07, 6.45) is 6.55. The van der Waals surface area contributed by atoms with E-state index in [4.69, 9.17) is 23.7 Å². The maximum absolute atomic E-state index is 11.3. The Morgan fingerprint density at radius 2 is 1.57 bits per heavy atom. The number of esters is 1. The van der Waals surface area contributed by atoms with Crippen LogP contribution in [0.1, 0.15) is 25.0 Å². The lowest BCUT2D eigenvalue weighted by Crippen LogP contribution is -2.01. The summed E-state index contributed by atoms with van der Waals surface area (Å²) < 4.78 is 27.3. The molecule has 2 rings (SSSR count). The van der Waals surface area contributed by atoms with Gasteiger partial charge in [-0.05, 0) is 49.2 Å².